The average Bonchev–Trinajstić information content (AvgIpc) is 2.98. The van der Waals surface area contributed by atoms with Crippen LogP contribution in [0.4, 0.5) is 0 Å². The monoisotopic (exact) mass is 332 g/mol. The zero-order valence-electron chi connectivity index (χ0n) is 10.5. The van der Waals surface area contributed by atoms with E-state index in [2.05, 4.69) is 33.0 Å². The molecule has 18 heavy (non-hydrogen) atoms. The van der Waals surface area contributed by atoms with Gasteiger partial charge in [-0.2, -0.15) is 0 Å². The summed E-state index contributed by atoms with van der Waals surface area (Å²) >= 11 is 5.30. The van der Waals surface area contributed by atoms with Crippen molar-refractivity contribution >= 4 is 27.3 Å². The molecule has 2 atom stereocenters. The minimum Gasteiger partial charge on any atom is -0.396 e. The first-order chi connectivity index (χ1) is 8.76. The summed E-state index contributed by atoms with van der Waals surface area (Å²) in [5.41, 5.74) is 5.99. The molecule has 0 amide bonds. The Morgan fingerprint density at radius 2 is 2.39 bits per heavy atom. The maximum absolute atomic E-state index is 8.98. The van der Waals surface area contributed by atoms with E-state index in [9.17, 15) is 0 Å². The summed E-state index contributed by atoms with van der Waals surface area (Å²) in [7, 11) is 0. The van der Waals surface area contributed by atoms with E-state index in [1.807, 2.05) is 0 Å². The molecule has 1 aliphatic rings. The fourth-order valence-electron chi connectivity index (χ4n) is 2.83. The Balaban J connectivity index is 2.06. The van der Waals surface area contributed by atoms with E-state index in [-0.39, 0.29) is 0 Å². The Hall–Kier alpha value is 0.0600. The molecule has 0 aliphatic carbocycles. The first kappa shape index (κ1) is 14.5. The van der Waals surface area contributed by atoms with Crippen LogP contribution in [0.15, 0.2) is 15.9 Å². The van der Waals surface area contributed by atoms with Crippen molar-refractivity contribution in [3.8, 4) is 0 Å². The predicted octanol–water partition coefficient (Wildman–Crippen LogP) is 2.75. The van der Waals surface area contributed by atoms with E-state index in [0.717, 1.165) is 19.4 Å². The highest BCUT2D eigenvalue weighted by Crippen LogP contribution is 2.35. The molecular formula is C13H21BrN2OS. The zero-order chi connectivity index (χ0) is 13.0. The summed E-state index contributed by atoms with van der Waals surface area (Å²) in [5, 5.41) is 8.98. The molecule has 1 aromatic rings. The summed E-state index contributed by atoms with van der Waals surface area (Å²) < 4.78 is 1.17. The maximum atomic E-state index is 8.98. The van der Waals surface area contributed by atoms with Crippen LogP contribution in [0.25, 0.3) is 0 Å². The fraction of sp³-hybridized carbons (Fsp3) is 0.692. The molecule has 3 nitrogen and oxygen atoms in total. The number of rotatable bonds is 6. The highest BCUT2D eigenvalue weighted by Gasteiger charge is 2.31. The molecule has 0 bridgehead atoms. The zero-order valence-corrected chi connectivity index (χ0v) is 12.9. The Morgan fingerprint density at radius 1 is 1.56 bits per heavy atom. The van der Waals surface area contributed by atoms with Gasteiger partial charge in [-0.25, -0.2) is 0 Å². The quantitative estimate of drug-likeness (QED) is 0.842. The second-order valence-electron chi connectivity index (χ2n) is 4.79. The lowest BCUT2D eigenvalue weighted by Gasteiger charge is -2.31. The molecule has 1 aromatic heterocycles. The molecule has 2 rings (SSSR count). The Bertz CT molecular complexity index is 372. The van der Waals surface area contributed by atoms with E-state index in [0.29, 0.717) is 25.2 Å². The second-order valence-corrected chi connectivity index (χ2v) is 7.29. The molecule has 102 valence electrons. The first-order valence-electron chi connectivity index (χ1n) is 6.58. The number of hydrogen-bond acceptors (Lipinski definition) is 4. The SMILES string of the molecule is NCC(c1ccc(Br)s1)N1CCCC1CCCO. The van der Waals surface area contributed by atoms with Gasteiger partial charge in [0.2, 0.25) is 0 Å². The van der Waals surface area contributed by atoms with Gasteiger partial charge in [0.05, 0.1) is 9.83 Å². The molecule has 0 radical (unpaired) electrons. The molecule has 1 saturated heterocycles. The summed E-state index contributed by atoms with van der Waals surface area (Å²) in [6.07, 6.45) is 4.47. The summed E-state index contributed by atoms with van der Waals surface area (Å²) in [4.78, 5) is 3.88. The lowest BCUT2D eigenvalue weighted by Crippen LogP contribution is -2.37. The van der Waals surface area contributed by atoms with Crippen LogP contribution >= 0.6 is 27.3 Å². The Labute approximate surface area is 121 Å². The largest absolute Gasteiger partial charge is 0.396 e. The molecule has 2 unspecified atom stereocenters. The minimum absolute atomic E-state index is 0.294. The smallest absolute Gasteiger partial charge is 0.0702 e. The molecule has 3 N–H and O–H groups in total. The van der Waals surface area contributed by atoms with Crippen LogP contribution in [-0.4, -0.2) is 35.7 Å². The fourth-order valence-corrected chi connectivity index (χ4v) is 4.39. The van der Waals surface area contributed by atoms with Gasteiger partial charge in [-0.15, -0.1) is 11.3 Å². The van der Waals surface area contributed by atoms with Crippen LogP contribution in [0.5, 0.6) is 0 Å². The van der Waals surface area contributed by atoms with E-state index in [4.69, 9.17) is 10.8 Å². The number of halogens is 1. The van der Waals surface area contributed by atoms with Gasteiger partial charge in [-0.1, -0.05) is 0 Å². The van der Waals surface area contributed by atoms with Crippen LogP contribution < -0.4 is 5.73 Å². The van der Waals surface area contributed by atoms with E-state index in [1.165, 1.54) is 21.5 Å². The molecule has 5 heteroatoms. The molecular weight excluding hydrogens is 312 g/mol. The topological polar surface area (TPSA) is 49.5 Å². The number of thiophene rings is 1. The van der Waals surface area contributed by atoms with Crippen LogP contribution in [0.3, 0.4) is 0 Å². The minimum atomic E-state index is 0.294. The summed E-state index contributed by atoms with van der Waals surface area (Å²) in [5.74, 6) is 0. The molecule has 1 fully saturated rings. The number of nitrogens with two attached hydrogens (primary N) is 1. The number of aliphatic hydroxyl groups excluding tert-OH is 1. The number of aliphatic hydroxyl groups is 1. The Kier molecular flexibility index (Phi) is 5.63. The van der Waals surface area contributed by atoms with Gasteiger partial charge in [0.25, 0.3) is 0 Å². The molecule has 0 aromatic carbocycles. The number of nitrogens with zero attached hydrogens (tertiary/aromatic N) is 1. The highest BCUT2D eigenvalue weighted by molar-refractivity contribution is 9.11. The predicted molar refractivity (Wildman–Crippen MR) is 79.9 cm³/mol. The molecule has 1 aliphatic heterocycles. The first-order valence-corrected chi connectivity index (χ1v) is 8.19. The van der Waals surface area contributed by atoms with Crippen molar-refractivity contribution in [2.24, 2.45) is 5.73 Å². The molecule has 2 heterocycles. The van der Waals surface area contributed by atoms with E-state index < -0.39 is 0 Å². The highest BCUT2D eigenvalue weighted by atomic mass is 79.9. The van der Waals surface area contributed by atoms with Crippen molar-refractivity contribution in [3.63, 3.8) is 0 Å². The van der Waals surface area contributed by atoms with Crippen molar-refractivity contribution in [2.75, 3.05) is 19.7 Å². The second kappa shape index (κ2) is 7.01. The van der Waals surface area contributed by atoms with Crippen molar-refractivity contribution in [3.05, 3.63) is 20.8 Å². The van der Waals surface area contributed by atoms with Crippen molar-refractivity contribution in [1.82, 2.24) is 4.90 Å². The lowest BCUT2D eigenvalue weighted by atomic mass is 10.1. The third kappa shape index (κ3) is 3.33. The summed E-state index contributed by atoms with van der Waals surface area (Å²) in [6, 6.07) is 5.20. The number of likely N-dealkylation sites (tertiary alicyclic amines) is 1. The standard InChI is InChI=1S/C13H21BrN2OS/c14-13-6-5-12(18-13)11(9-15)16-7-1-3-10(16)4-2-8-17/h5-6,10-11,17H,1-4,7-9,15H2. The van der Waals surface area contributed by atoms with Crippen LogP contribution in [0, 0.1) is 0 Å². The molecule has 0 spiro atoms. The maximum Gasteiger partial charge on any atom is 0.0702 e. The van der Waals surface area contributed by atoms with Gasteiger partial charge in [-0.3, -0.25) is 4.90 Å². The Morgan fingerprint density at radius 3 is 3.00 bits per heavy atom. The van der Waals surface area contributed by atoms with Crippen molar-refractivity contribution in [2.45, 2.75) is 37.8 Å². The van der Waals surface area contributed by atoms with Crippen molar-refractivity contribution in [1.29, 1.82) is 0 Å². The summed E-state index contributed by atoms with van der Waals surface area (Å²) in [6.45, 7) is 2.10. The van der Waals surface area contributed by atoms with Gasteiger partial charge in [0, 0.05) is 24.1 Å². The molecule has 0 saturated carbocycles. The third-order valence-electron chi connectivity index (χ3n) is 3.66. The van der Waals surface area contributed by atoms with Gasteiger partial charge in [-0.05, 0) is 60.3 Å². The van der Waals surface area contributed by atoms with Crippen LogP contribution in [0.2, 0.25) is 0 Å². The average molecular weight is 333 g/mol. The van der Waals surface area contributed by atoms with Gasteiger partial charge < -0.3 is 10.8 Å². The van der Waals surface area contributed by atoms with Gasteiger partial charge >= 0.3 is 0 Å². The van der Waals surface area contributed by atoms with Gasteiger partial charge in [0.15, 0.2) is 0 Å². The normalized spacial score (nSPS) is 22.5. The van der Waals surface area contributed by atoms with Gasteiger partial charge in [0.1, 0.15) is 0 Å². The van der Waals surface area contributed by atoms with Crippen LogP contribution in [0.1, 0.15) is 36.6 Å². The lowest BCUT2D eigenvalue weighted by molar-refractivity contribution is 0.167. The van der Waals surface area contributed by atoms with Crippen LogP contribution in [-0.2, 0) is 0 Å². The van der Waals surface area contributed by atoms with E-state index >= 15 is 0 Å². The van der Waals surface area contributed by atoms with E-state index in [1.54, 1.807) is 11.3 Å². The van der Waals surface area contributed by atoms with Crippen molar-refractivity contribution < 1.29 is 5.11 Å². The third-order valence-corrected chi connectivity index (χ3v) is 5.39. The number of hydrogen-bond donors (Lipinski definition) is 2.